The zero-order valence-electron chi connectivity index (χ0n) is 11.7. The molecule has 1 N–H and O–H groups in total. The molecule has 0 unspecified atom stereocenters. The van der Waals surface area contributed by atoms with Crippen molar-refractivity contribution in [2.24, 2.45) is 19.1 Å². The van der Waals surface area contributed by atoms with Crippen LogP contribution in [0.5, 0.6) is 5.88 Å². The molecule has 2 aromatic rings. The normalized spacial score (nSPS) is 11.5. The Bertz CT molecular complexity index is 817. The van der Waals surface area contributed by atoms with Crippen molar-refractivity contribution in [3.05, 3.63) is 57.1 Å². The minimum atomic E-state index is -0.347. The van der Waals surface area contributed by atoms with Crippen molar-refractivity contribution in [3.8, 4) is 5.88 Å². The fourth-order valence-corrected chi connectivity index (χ4v) is 1.96. The molecule has 1 aromatic carbocycles. The Morgan fingerprint density at radius 3 is 2.52 bits per heavy atom. The van der Waals surface area contributed by atoms with E-state index in [0.717, 1.165) is 5.69 Å². The molecular formula is C15H15N3O2S. The van der Waals surface area contributed by atoms with Crippen LogP contribution in [0.15, 0.2) is 46.2 Å². The predicted molar refractivity (Wildman–Crippen MR) is 86.8 cm³/mol. The molecule has 6 heteroatoms. The Morgan fingerprint density at radius 2 is 1.86 bits per heavy atom. The van der Waals surface area contributed by atoms with Crippen LogP contribution in [0, 0.1) is 4.77 Å². The van der Waals surface area contributed by atoms with E-state index in [1.165, 1.54) is 15.2 Å². The number of nitrogens with zero attached hydrogens (tertiary/aromatic N) is 3. The Balaban J connectivity index is 2.33. The largest absolute Gasteiger partial charge is 0.494 e. The summed E-state index contributed by atoms with van der Waals surface area (Å²) in [5.74, 6) is -0.160. The fraction of sp³-hybridized carbons (Fsp3) is 0.133. The Morgan fingerprint density at radius 1 is 1.19 bits per heavy atom. The molecule has 0 bridgehead atoms. The molecule has 108 valence electrons. The van der Waals surface area contributed by atoms with E-state index < -0.39 is 0 Å². The third-order valence-electron chi connectivity index (χ3n) is 3.00. The second-order valence-corrected chi connectivity index (χ2v) is 4.78. The fourth-order valence-electron chi connectivity index (χ4n) is 1.79. The first kappa shape index (κ1) is 14.9. The molecule has 1 aromatic heterocycles. The summed E-state index contributed by atoms with van der Waals surface area (Å²) in [6.07, 6.45) is 4.68. The molecule has 0 saturated carbocycles. The molecule has 0 aliphatic heterocycles. The van der Waals surface area contributed by atoms with Gasteiger partial charge in [0.1, 0.15) is 5.56 Å². The summed E-state index contributed by atoms with van der Waals surface area (Å²) in [5.41, 5.74) is 0.638. The van der Waals surface area contributed by atoms with Gasteiger partial charge in [-0.15, -0.1) is 0 Å². The van der Waals surface area contributed by atoms with Crippen LogP contribution in [0.4, 0.5) is 5.69 Å². The molecule has 0 atom stereocenters. The van der Waals surface area contributed by atoms with Crippen LogP contribution in [0.25, 0.3) is 6.08 Å². The van der Waals surface area contributed by atoms with Crippen molar-refractivity contribution in [1.29, 1.82) is 0 Å². The maximum absolute atomic E-state index is 12.1. The zero-order valence-corrected chi connectivity index (χ0v) is 12.5. The van der Waals surface area contributed by atoms with Gasteiger partial charge in [0.2, 0.25) is 5.88 Å². The standard InChI is InChI=1S/C15H15N3O2S/c1-17-13(19)12(14(20)18(2)15(17)21)9-6-10-16-11-7-4-3-5-8-11/h3-10,19H,1-2H3. The van der Waals surface area contributed by atoms with Crippen LogP contribution >= 0.6 is 12.2 Å². The van der Waals surface area contributed by atoms with Gasteiger partial charge in [0.25, 0.3) is 5.56 Å². The highest BCUT2D eigenvalue weighted by Crippen LogP contribution is 2.13. The van der Waals surface area contributed by atoms with E-state index in [9.17, 15) is 9.90 Å². The summed E-state index contributed by atoms with van der Waals surface area (Å²) in [7, 11) is 3.17. The van der Waals surface area contributed by atoms with Crippen molar-refractivity contribution in [3.63, 3.8) is 0 Å². The van der Waals surface area contributed by atoms with E-state index in [1.54, 1.807) is 26.4 Å². The van der Waals surface area contributed by atoms with Gasteiger partial charge in [0.15, 0.2) is 4.77 Å². The summed E-state index contributed by atoms with van der Waals surface area (Å²) in [6.45, 7) is 0. The second-order valence-electron chi connectivity index (χ2n) is 4.42. The van der Waals surface area contributed by atoms with E-state index in [4.69, 9.17) is 12.2 Å². The average Bonchev–Trinajstić information content (AvgIpc) is 2.51. The number of aromatic hydroxyl groups is 1. The van der Waals surface area contributed by atoms with Gasteiger partial charge in [-0.05, 0) is 36.5 Å². The SMILES string of the molecule is Cn1c(O)c(C=CC=Nc2ccccc2)c(=O)n(C)c1=S. The van der Waals surface area contributed by atoms with Gasteiger partial charge in [-0.2, -0.15) is 0 Å². The molecule has 0 amide bonds. The van der Waals surface area contributed by atoms with Crippen molar-refractivity contribution in [2.45, 2.75) is 0 Å². The van der Waals surface area contributed by atoms with Gasteiger partial charge in [-0.1, -0.05) is 18.2 Å². The lowest BCUT2D eigenvalue weighted by Crippen LogP contribution is -2.23. The summed E-state index contributed by atoms with van der Waals surface area (Å²) < 4.78 is 2.95. The van der Waals surface area contributed by atoms with Crippen molar-refractivity contribution in [1.82, 2.24) is 9.13 Å². The van der Waals surface area contributed by atoms with Crippen LogP contribution in [0.2, 0.25) is 0 Å². The van der Waals surface area contributed by atoms with Crippen LogP contribution in [-0.4, -0.2) is 20.5 Å². The molecule has 0 aliphatic rings. The average molecular weight is 301 g/mol. The van der Waals surface area contributed by atoms with E-state index in [0.29, 0.717) is 0 Å². The predicted octanol–water partition coefficient (Wildman–Crippen LogP) is 2.57. The van der Waals surface area contributed by atoms with E-state index in [2.05, 4.69) is 4.99 Å². The van der Waals surface area contributed by atoms with Gasteiger partial charge in [-0.25, -0.2) is 0 Å². The van der Waals surface area contributed by atoms with Gasteiger partial charge in [-0.3, -0.25) is 18.9 Å². The molecule has 0 fully saturated rings. The number of aliphatic imine (C=N–C) groups is 1. The highest BCUT2D eigenvalue weighted by molar-refractivity contribution is 7.71. The second kappa shape index (κ2) is 6.32. The number of para-hydroxylation sites is 1. The lowest BCUT2D eigenvalue weighted by molar-refractivity contribution is 0.414. The number of aromatic nitrogens is 2. The Kier molecular flexibility index (Phi) is 4.49. The van der Waals surface area contributed by atoms with E-state index >= 15 is 0 Å². The quantitative estimate of drug-likeness (QED) is 0.700. The lowest BCUT2D eigenvalue weighted by atomic mass is 10.3. The van der Waals surface area contributed by atoms with Crippen LogP contribution in [-0.2, 0) is 14.1 Å². The summed E-state index contributed by atoms with van der Waals surface area (Å²) in [5, 5.41) is 9.99. The van der Waals surface area contributed by atoms with Crippen LogP contribution < -0.4 is 5.56 Å². The smallest absolute Gasteiger partial charge is 0.265 e. The van der Waals surface area contributed by atoms with Crippen LogP contribution in [0.1, 0.15) is 5.56 Å². The van der Waals surface area contributed by atoms with Crippen molar-refractivity contribution >= 4 is 30.2 Å². The first-order chi connectivity index (χ1) is 10.0. The molecular weight excluding hydrogens is 286 g/mol. The van der Waals surface area contributed by atoms with E-state index in [1.807, 2.05) is 30.3 Å². The third-order valence-corrected chi connectivity index (χ3v) is 3.54. The molecule has 2 rings (SSSR count). The Hall–Kier alpha value is -2.47. The number of rotatable bonds is 3. The van der Waals surface area contributed by atoms with Gasteiger partial charge < -0.3 is 5.11 Å². The molecule has 0 radical (unpaired) electrons. The van der Waals surface area contributed by atoms with Gasteiger partial charge in [0.05, 0.1) is 5.69 Å². The number of benzene rings is 1. The molecule has 1 heterocycles. The zero-order chi connectivity index (χ0) is 15.4. The highest BCUT2D eigenvalue weighted by Gasteiger charge is 2.09. The Labute approximate surface area is 127 Å². The minimum Gasteiger partial charge on any atom is -0.494 e. The highest BCUT2D eigenvalue weighted by atomic mass is 32.1. The number of hydrogen-bond acceptors (Lipinski definition) is 4. The molecule has 21 heavy (non-hydrogen) atoms. The molecule has 0 spiro atoms. The minimum absolute atomic E-state index is 0.160. The number of hydrogen-bond donors (Lipinski definition) is 1. The van der Waals surface area contributed by atoms with Gasteiger partial charge >= 0.3 is 0 Å². The summed E-state index contributed by atoms with van der Waals surface area (Å²) in [4.78, 5) is 16.3. The van der Waals surface area contributed by atoms with Gasteiger partial charge in [0, 0.05) is 20.3 Å². The monoisotopic (exact) mass is 301 g/mol. The first-order valence-corrected chi connectivity index (χ1v) is 6.68. The van der Waals surface area contributed by atoms with E-state index in [-0.39, 0.29) is 21.8 Å². The van der Waals surface area contributed by atoms with Crippen molar-refractivity contribution in [2.75, 3.05) is 0 Å². The maximum atomic E-state index is 12.1. The summed E-state index contributed by atoms with van der Waals surface area (Å²) >= 11 is 5.04. The van der Waals surface area contributed by atoms with Crippen LogP contribution in [0.3, 0.4) is 0 Å². The molecule has 0 saturated heterocycles. The topological polar surface area (TPSA) is 59.5 Å². The lowest BCUT2D eigenvalue weighted by Gasteiger charge is -2.09. The molecule has 0 aliphatic carbocycles. The maximum Gasteiger partial charge on any atom is 0.265 e. The molecule has 5 nitrogen and oxygen atoms in total. The van der Waals surface area contributed by atoms with Crippen molar-refractivity contribution < 1.29 is 5.11 Å². The third kappa shape index (κ3) is 3.17. The number of allylic oxidation sites excluding steroid dienone is 1. The first-order valence-electron chi connectivity index (χ1n) is 6.27. The summed E-state index contributed by atoms with van der Waals surface area (Å²) in [6, 6.07) is 9.42.